The minimum atomic E-state index is 0.0258. The number of benzene rings is 1. The van der Waals surface area contributed by atoms with Crippen molar-refractivity contribution in [2.75, 3.05) is 25.0 Å². The molecule has 10 heteroatoms. The van der Waals surface area contributed by atoms with Crippen LogP contribution in [0.3, 0.4) is 0 Å². The molecule has 2 N–H and O–H groups in total. The molecule has 0 bridgehead atoms. The van der Waals surface area contributed by atoms with Crippen LogP contribution < -0.4 is 5.32 Å². The maximum absolute atomic E-state index is 13.2. The third kappa shape index (κ3) is 3.79. The van der Waals surface area contributed by atoms with Crippen LogP contribution in [0.2, 0.25) is 0 Å². The predicted molar refractivity (Wildman–Crippen MR) is 132 cm³/mol. The molecule has 1 unspecified atom stereocenters. The van der Waals surface area contributed by atoms with Crippen molar-refractivity contribution in [1.29, 1.82) is 0 Å². The molecule has 8 nitrogen and oxygen atoms in total. The Morgan fingerprint density at radius 1 is 1.36 bits per heavy atom. The lowest BCUT2D eigenvalue weighted by Gasteiger charge is -2.34. The number of carbonyl (C=O) groups excluding carboxylic acids is 1. The third-order valence-electron chi connectivity index (χ3n) is 6.53. The van der Waals surface area contributed by atoms with E-state index in [1.54, 1.807) is 23.9 Å². The first-order valence-corrected chi connectivity index (χ1v) is 12.7. The first-order valence-electron chi connectivity index (χ1n) is 11.1. The van der Waals surface area contributed by atoms with Crippen molar-refractivity contribution in [2.45, 2.75) is 32.3 Å². The molecule has 0 saturated carbocycles. The zero-order valence-electron chi connectivity index (χ0n) is 18.1. The molecule has 4 heterocycles. The second-order valence-corrected chi connectivity index (χ2v) is 10.7. The molecule has 1 fully saturated rings. The monoisotopic (exact) mass is 526 g/mol. The van der Waals surface area contributed by atoms with Gasteiger partial charge in [0.15, 0.2) is 0 Å². The van der Waals surface area contributed by atoms with E-state index in [1.165, 1.54) is 10.4 Å². The molecule has 0 radical (unpaired) electrons. The van der Waals surface area contributed by atoms with Gasteiger partial charge in [-0.1, -0.05) is 0 Å². The number of morpholine rings is 1. The SMILES string of the molecule is CC1CN(C(=O)[C@H]2CCc3c(sc4ncnc(Nc5cc6cn[nH]c6cc5Br)c34)C2)CCO1. The number of carbonyl (C=O) groups is 1. The highest BCUT2D eigenvalue weighted by Gasteiger charge is 2.33. The Balaban J connectivity index is 1.30. The Bertz CT molecular complexity index is 1370. The number of ether oxygens (including phenoxy) is 1. The van der Waals surface area contributed by atoms with Gasteiger partial charge in [-0.15, -0.1) is 11.3 Å². The van der Waals surface area contributed by atoms with Crippen LogP contribution in [0.15, 0.2) is 29.1 Å². The Hall–Kier alpha value is -2.56. The summed E-state index contributed by atoms with van der Waals surface area (Å²) in [6.07, 6.45) is 6.00. The molecule has 0 spiro atoms. The number of aryl methyl sites for hydroxylation is 1. The molecule has 2 atom stereocenters. The largest absolute Gasteiger partial charge is 0.375 e. The summed E-state index contributed by atoms with van der Waals surface area (Å²) < 4.78 is 6.54. The van der Waals surface area contributed by atoms with Gasteiger partial charge in [-0.2, -0.15) is 5.10 Å². The van der Waals surface area contributed by atoms with Gasteiger partial charge in [0.25, 0.3) is 0 Å². The number of anilines is 2. The lowest BCUT2D eigenvalue weighted by Crippen LogP contribution is -2.47. The number of aromatic nitrogens is 4. The van der Waals surface area contributed by atoms with E-state index in [4.69, 9.17) is 4.74 Å². The fourth-order valence-corrected chi connectivity index (χ4v) is 6.59. The third-order valence-corrected chi connectivity index (χ3v) is 8.35. The van der Waals surface area contributed by atoms with Crippen molar-refractivity contribution >= 4 is 65.8 Å². The van der Waals surface area contributed by atoms with Crippen molar-refractivity contribution in [1.82, 2.24) is 25.1 Å². The summed E-state index contributed by atoms with van der Waals surface area (Å²) in [7, 11) is 0. The van der Waals surface area contributed by atoms with Gasteiger partial charge < -0.3 is 15.0 Å². The van der Waals surface area contributed by atoms with Crippen LogP contribution in [0.25, 0.3) is 21.1 Å². The number of nitrogens with zero attached hydrogens (tertiary/aromatic N) is 4. The standard InChI is InChI=1S/C23H23BrN6O2S/c1-12-10-30(4-5-32-12)23(31)13-2-3-15-19(7-13)33-22-20(15)21(25-11-26-22)28-18-6-14-9-27-29-17(14)8-16(18)24/h6,8-9,11-13H,2-5,7,10H2,1H3,(H,27,29)(H,25,26,28)/t12?,13-/m0/s1. The highest BCUT2D eigenvalue weighted by atomic mass is 79.9. The van der Waals surface area contributed by atoms with Gasteiger partial charge in [0.1, 0.15) is 17.0 Å². The molecule has 1 saturated heterocycles. The van der Waals surface area contributed by atoms with E-state index < -0.39 is 0 Å². The quantitative estimate of drug-likeness (QED) is 0.410. The minimum absolute atomic E-state index is 0.0258. The van der Waals surface area contributed by atoms with Gasteiger partial charge >= 0.3 is 0 Å². The van der Waals surface area contributed by atoms with Crippen LogP contribution in [0.4, 0.5) is 11.5 Å². The number of amides is 1. The molecule has 170 valence electrons. The molecule has 2 aliphatic rings. The Morgan fingerprint density at radius 2 is 2.27 bits per heavy atom. The summed E-state index contributed by atoms with van der Waals surface area (Å²) in [4.78, 5) is 26.5. The first-order chi connectivity index (χ1) is 16.1. The summed E-state index contributed by atoms with van der Waals surface area (Å²) in [5, 5.41) is 12.7. The normalized spacial score (nSPS) is 20.8. The Morgan fingerprint density at radius 3 is 3.15 bits per heavy atom. The summed E-state index contributed by atoms with van der Waals surface area (Å²) >= 11 is 5.34. The smallest absolute Gasteiger partial charge is 0.226 e. The van der Waals surface area contributed by atoms with Crippen LogP contribution in [0, 0.1) is 5.92 Å². The van der Waals surface area contributed by atoms with E-state index >= 15 is 0 Å². The number of nitrogens with one attached hydrogen (secondary N) is 2. The molecule has 3 aromatic heterocycles. The lowest BCUT2D eigenvalue weighted by atomic mass is 9.86. The van der Waals surface area contributed by atoms with Crippen molar-refractivity contribution in [3.8, 4) is 0 Å². The summed E-state index contributed by atoms with van der Waals surface area (Å²) in [5.41, 5.74) is 3.17. The van der Waals surface area contributed by atoms with Gasteiger partial charge in [-0.25, -0.2) is 9.97 Å². The van der Waals surface area contributed by atoms with Crippen molar-refractivity contribution in [3.63, 3.8) is 0 Å². The number of halogens is 1. The van der Waals surface area contributed by atoms with Gasteiger partial charge in [0, 0.05) is 33.7 Å². The van der Waals surface area contributed by atoms with Gasteiger partial charge in [-0.3, -0.25) is 9.89 Å². The molecule has 1 aliphatic heterocycles. The number of fused-ring (bicyclic) bond motifs is 4. The van der Waals surface area contributed by atoms with Gasteiger partial charge in [-0.05, 0) is 59.8 Å². The number of H-pyrrole nitrogens is 1. The number of aromatic amines is 1. The van der Waals surface area contributed by atoms with Crippen LogP contribution >= 0.6 is 27.3 Å². The van der Waals surface area contributed by atoms with Crippen LogP contribution in [-0.4, -0.2) is 56.8 Å². The average molecular weight is 527 g/mol. The molecule has 4 aromatic rings. The Labute approximate surface area is 202 Å². The first kappa shape index (κ1) is 21.0. The molecule has 33 heavy (non-hydrogen) atoms. The van der Waals surface area contributed by atoms with E-state index in [0.29, 0.717) is 19.7 Å². The van der Waals surface area contributed by atoms with Crippen LogP contribution in [-0.2, 0) is 22.4 Å². The second-order valence-electron chi connectivity index (χ2n) is 8.73. The van der Waals surface area contributed by atoms with Gasteiger partial charge in [0.05, 0.1) is 35.5 Å². The highest BCUT2D eigenvalue weighted by molar-refractivity contribution is 9.10. The zero-order chi connectivity index (χ0) is 22.5. The van der Waals surface area contributed by atoms with E-state index in [0.717, 1.165) is 56.4 Å². The molecular formula is C23H23BrN6O2S. The molecule has 6 rings (SSSR count). The Kier molecular flexibility index (Phi) is 5.31. The van der Waals surface area contributed by atoms with E-state index in [-0.39, 0.29) is 17.9 Å². The van der Waals surface area contributed by atoms with Gasteiger partial charge in [0.2, 0.25) is 5.91 Å². The number of thiophene rings is 1. The van der Waals surface area contributed by atoms with Crippen LogP contribution in [0.5, 0.6) is 0 Å². The molecule has 1 aromatic carbocycles. The zero-order valence-corrected chi connectivity index (χ0v) is 20.5. The fraction of sp³-hybridized carbons (Fsp3) is 0.391. The number of hydrogen-bond donors (Lipinski definition) is 2. The summed E-state index contributed by atoms with van der Waals surface area (Å²) in [5.74, 6) is 1.08. The minimum Gasteiger partial charge on any atom is -0.375 e. The van der Waals surface area contributed by atoms with Crippen molar-refractivity contribution in [3.05, 3.63) is 39.6 Å². The van der Waals surface area contributed by atoms with Crippen molar-refractivity contribution in [2.24, 2.45) is 5.92 Å². The average Bonchev–Trinajstić information content (AvgIpc) is 3.42. The van der Waals surface area contributed by atoms with E-state index in [1.807, 2.05) is 24.0 Å². The van der Waals surface area contributed by atoms with E-state index in [9.17, 15) is 4.79 Å². The molecule has 1 aliphatic carbocycles. The lowest BCUT2D eigenvalue weighted by molar-refractivity contribution is -0.142. The summed E-state index contributed by atoms with van der Waals surface area (Å²) in [6.45, 7) is 4.03. The summed E-state index contributed by atoms with van der Waals surface area (Å²) in [6, 6.07) is 4.06. The maximum Gasteiger partial charge on any atom is 0.226 e. The number of hydrogen-bond acceptors (Lipinski definition) is 7. The molecule has 1 amide bonds. The van der Waals surface area contributed by atoms with Crippen molar-refractivity contribution < 1.29 is 9.53 Å². The van der Waals surface area contributed by atoms with E-state index in [2.05, 4.69) is 41.4 Å². The molecular weight excluding hydrogens is 504 g/mol. The predicted octanol–water partition coefficient (Wildman–Crippen LogP) is 4.43. The van der Waals surface area contributed by atoms with Crippen LogP contribution in [0.1, 0.15) is 23.8 Å². The number of rotatable bonds is 3. The fourth-order valence-electron chi connectivity index (χ4n) is 4.88. The highest BCUT2D eigenvalue weighted by Crippen LogP contribution is 2.41. The second kappa shape index (κ2) is 8.34. The topological polar surface area (TPSA) is 96.0 Å². The maximum atomic E-state index is 13.2.